The van der Waals surface area contributed by atoms with Gasteiger partial charge in [-0.1, -0.05) is 38.6 Å². The number of hydrogen-bond donors (Lipinski definition) is 0. The minimum Gasteiger partial charge on any atom is -0.472 e. The van der Waals surface area contributed by atoms with Crippen LogP contribution in [0, 0.1) is 11.5 Å². The molecule has 0 saturated carbocycles. The average molecular weight is 408 g/mol. The van der Waals surface area contributed by atoms with Crippen molar-refractivity contribution in [3.8, 4) is 23.0 Å². The Labute approximate surface area is 154 Å². The molecule has 0 aromatic heterocycles. The fourth-order valence-corrected chi connectivity index (χ4v) is 2.89. The van der Waals surface area contributed by atoms with Gasteiger partial charge in [-0.2, -0.15) is 13.2 Å². The van der Waals surface area contributed by atoms with Gasteiger partial charge >= 0.3 is 12.5 Å². The third-order valence-electron chi connectivity index (χ3n) is 3.72. The zero-order valence-electron chi connectivity index (χ0n) is 15.1. The van der Waals surface area contributed by atoms with E-state index >= 15 is 0 Å². The largest absolute Gasteiger partial charge is 0.573 e. The molecule has 0 radical (unpaired) electrons. The second-order valence-electron chi connectivity index (χ2n) is 7.11. The van der Waals surface area contributed by atoms with Crippen molar-refractivity contribution >= 4 is 14.1 Å². The van der Waals surface area contributed by atoms with Gasteiger partial charge in [0.05, 0.1) is 5.56 Å². The summed E-state index contributed by atoms with van der Waals surface area (Å²) in [6.45, 7) is 7.01. The van der Waals surface area contributed by atoms with Crippen LogP contribution in [0.4, 0.5) is 26.3 Å². The van der Waals surface area contributed by atoms with E-state index in [9.17, 15) is 26.3 Å². The molecule has 9 heteroatoms. The van der Waals surface area contributed by atoms with Gasteiger partial charge in [0.2, 0.25) is 5.60 Å². The van der Waals surface area contributed by atoms with Crippen LogP contribution < -0.4 is 9.47 Å². The molecular weight excluding hydrogens is 390 g/mol. The number of ether oxygens (including phenoxy) is 2. The van der Waals surface area contributed by atoms with E-state index in [4.69, 9.17) is 4.74 Å². The molecule has 1 aliphatic heterocycles. The SMILES string of the molecule is CCC1(C(F)(F)F)C=Cc2cc(OC(F)(F)F)cc(C#C[Si](C)(C)C)c2O1. The molecule has 1 aromatic rings. The van der Waals surface area contributed by atoms with Crippen molar-refractivity contribution in [3.05, 3.63) is 29.3 Å². The number of fused-ring (bicyclic) bond motifs is 1. The van der Waals surface area contributed by atoms with Gasteiger partial charge in [0, 0.05) is 5.56 Å². The van der Waals surface area contributed by atoms with Gasteiger partial charge in [-0.3, -0.25) is 0 Å². The van der Waals surface area contributed by atoms with E-state index in [0.29, 0.717) is 0 Å². The van der Waals surface area contributed by atoms with Gasteiger partial charge in [-0.25, -0.2) is 0 Å². The third-order valence-corrected chi connectivity index (χ3v) is 4.59. The number of benzene rings is 1. The second kappa shape index (κ2) is 6.82. The first-order chi connectivity index (χ1) is 12.2. The molecule has 0 saturated heterocycles. The molecule has 2 rings (SSSR count). The Morgan fingerprint density at radius 2 is 1.74 bits per heavy atom. The van der Waals surface area contributed by atoms with Gasteiger partial charge in [-0.15, -0.1) is 18.7 Å². The maximum Gasteiger partial charge on any atom is 0.573 e. The van der Waals surface area contributed by atoms with E-state index in [1.54, 1.807) is 0 Å². The van der Waals surface area contributed by atoms with Gasteiger partial charge in [-0.05, 0) is 24.6 Å². The van der Waals surface area contributed by atoms with Crippen molar-refractivity contribution < 1.29 is 35.8 Å². The third kappa shape index (κ3) is 5.00. The molecule has 1 atom stereocenters. The smallest absolute Gasteiger partial charge is 0.472 e. The molecule has 1 aliphatic rings. The van der Waals surface area contributed by atoms with Crippen LogP contribution >= 0.6 is 0 Å². The highest BCUT2D eigenvalue weighted by molar-refractivity contribution is 6.83. The minimum atomic E-state index is -4.93. The first-order valence-corrected chi connectivity index (χ1v) is 11.6. The zero-order chi connectivity index (χ0) is 20.7. The summed E-state index contributed by atoms with van der Waals surface area (Å²) in [7, 11) is -1.95. The summed E-state index contributed by atoms with van der Waals surface area (Å²) in [4.78, 5) is 0. The van der Waals surface area contributed by atoms with Crippen molar-refractivity contribution in [1.29, 1.82) is 0 Å². The van der Waals surface area contributed by atoms with Gasteiger partial charge in [0.1, 0.15) is 19.6 Å². The number of hydrogen-bond acceptors (Lipinski definition) is 2. The lowest BCUT2D eigenvalue weighted by Gasteiger charge is -2.36. The van der Waals surface area contributed by atoms with Crippen LogP contribution in [0.1, 0.15) is 24.5 Å². The summed E-state index contributed by atoms with van der Waals surface area (Å²) in [5.74, 6) is 1.93. The van der Waals surface area contributed by atoms with Crippen LogP contribution in [0.25, 0.3) is 6.08 Å². The average Bonchev–Trinajstić information content (AvgIpc) is 2.48. The lowest BCUT2D eigenvalue weighted by Crippen LogP contribution is -2.49. The quantitative estimate of drug-likeness (QED) is 0.343. The fraction of sp³-hybridized carbons (Fsp3) is 0.444. The summed E-state index contributed by atoms with van der Waals surface area (Å²) in [5.41, 5.74) is 0.353. The maximum atomic E-state index is 13.5. The Morgan fingerprint density at radius 1 is 1.11 bits per heavy atom. The Kier molecular flexibility index (Phi) is 5.36. The minimum absolute atomic E-state index is 0.0463. The summed E-state index contributed by atoms with van der Waals surface area (Å²) < 4.78 is 87.5. The molecule has 148 valence electrons. The molecule has 0 bridgehead atoms. The number of halogens is 6. The van der Waals surface area contributed by atoms with E-state index in [-0.39, 0.29) is 16.9 Å². The molecule has 1 unspecified atom stereocenters. The van der Waals surface area contributed by atoms with Crippen LogP contribution in [-0.4, -0.2) is 26.2 Å². The van der Waals surface area contributed by atoms with Gasteiger partial charge in [0.25, 0.3) is 0 Å². The van der Waals surface area contributed by atoms with E-state index < -0.39 is 38.4 Å². The predicted octanol–water partition coefficient (Wildman–Crippen LogP) is 5.93. The van der Waals surface area contributed by atoms with Crippen molar-refractivity contribution in [2.45, 2.75) is 51.1 Å². The fourth-order valence-electron chi connectivity index (χ4n) is 2.39. The molecule has 0 amide bonds. The van der Waals surface area contributed by atoms with Crippen molar-refractivity contribution in [2.75, 3.05) is 0 Å². The summed E-state index contributed by atoms with van der Waals surface area (Å²) in [5, 5.41) is 0. The highest BCUT2D eigenvalue weighted by Crippen LogP contribution is 2.45. The molecule has 1 aromatic carbocycles. The lowest BCUT2D eigenvalue weighted by atomic mass is 9.93. The van der Waals surface area contributed by atoms with Crippen LogP contribution in [0.15, 0.2) is 18.2 Å². The van der Waals surface area contributed by atoms with E-state index in [2.05, 4.69) is 16.2 Å². The second-order valence-corrected chi connectivity index (χ2v) is 11.9. The maximum absolute atomic E-state index is 13.5. The Balaban J connectivity index is 2.63. The molecule has 0 N–H and O–H groups in total. The predicted molar refractivity (Wildman–Crippen MR) is 92.1 cm³/mol. The molecule has 0 aliphatic carbocycles. The van der Waals surface area contributed by atoms with Crippen molar-refractivity contribution in [3.63, 3.8) is 0 Å². The topological polar surface area (TPSA) is 18.5 Å². The van der Waals surface area contributed by atoms with Gasteiger partial charge < -0.3 is 9.47 Å². The Bertz CT molecular complexity index is 809. The van der Waals surface area contributed by atoms with Crippen LogP contribution in [0.5, 0.6) is 11.5 Å². The molecule has 1 heterocycles. The lowest BCUT2D eigenvalue weighted by molar-refractivity contribution is -0.274. The first kappa shape index (κ1) is 21.2. The Morgan fingerprint density at radius 3 is 2.22 bits per heavy atom. The molecule has 27 heavy (non-hydrogen) atoms. The zero-order valence-corrected chi connectivity index (χ0v) is 16.1. The molecule has 0 fully saturated rings. The monoisotopic (exact) mass is 408 g/mol. The van der Waals surface area contributed by atoms with Crippen LogP contribution in [0.2, 0.25) is 19.6 Å². The Hall–Kier alpha value is -2.08. The summed E-state index contributed by atoms with van der Waals surface area (Å²) in [6.07, 6.45) is -8.12. The molecule has 2 nitrogen and oxygen atoms in total. The van der Waals surface area contributed by atoms with E-state index in [1.807, 2.05) is 19.6 Å². The van der Waals surface area contributed by atoms with Crippen LogP contribution in [0.3, 0.4) is 0 Å². The highest BCUT2D eigenvalue weighted by Gasteiger charge is 2.55. The van der Waals surface area contributed by atoms with Crippen molar-refractivity contribution in [2.24, 2.45) is 0 Å². The standard InChI is InChI=1S/C18H18F6O2Si/c1-5-16(17(19,20)21)8-6-12-10-14(25-18(22,23)24)11-13(15(12)26-16)7-9-27(2,3)4/h6,8,10-11H,5H2,1-4H3. The van der Waals surface area contributed by atoms with Crippen LogP contribution in [-0.2, 0) is 0 Å². The normalized spacial score (nSPS) is 19.6. The highest BCUT2D eigenvalue weighted by atomic mass is 28.3. The summed E-state index contributed by atoms with van der Waals surface area (Å²) in [6, 6.07) is 1.93. The summed E-state index contributed by atoms with van der Waals surface area (Å²) >= 11 is 0. The first-order valence-electron chi connectivity index (χ1n) is 8.08. The van der Waals surface area contributed by atoms with Gasteiger partial charge in [0.15, 0.2) is 0 Å². The number of alkyl halides is 6. The van der Waals surface area contributed by atoms with Crippen molar-refractivity contribution in [1.82, 2.24) is 0 Å². The molecule has 0 spiro atoms. The molecular formula is C18H18F6O2Si. The van der Waals surface area contributed by atoms with E-state index in [0.717, 1.165) is 24.3 Å². The van der Waals surface area contributed by atoms with E-state index in [1.165, 1.54) is 6.92 Å². The number of rotatable bonds is 2.